The van der Waals surface area contributed by atoms with E-state index in [0.29, 0.717) is 24.2 Å². The van der Waals surface area contributed by atoms with Crippen LogP contribution in [0.1, 0.15) is 24.8 Å². The van der Waals surface area contributed by atoms with Gasteiger partial charge in [-0.1, -0.05) is 0 Å². The molecule has 18 heavy (non-hydrogen) atoms. The second-order valence-electron chi connectivity index (χ2n) is 5.30. The molecule has 1 aromatic carbocycles. The van der Waals surface area contributed by atoms with E-state index >= 15 is 0 Å². The Morgan fingerprint density at radius 3 is 2.67 bits per heavy atom. The topological polar surface area (TPSA) is 15.3 Å². The van der Waals surface area contributed by atoms with Crippen molar-refractivity contribution in [3.05, 3.63) is 35.4 Å². The maximum atomic E-state index is 13.1. The van der Waals surface area contributed by atoms with Crippen LogP contribution < -0.4 is 5.32 Å². The average Bonchev–Trinajstić information content (AvgIpc) is 2.87. The second-order valence-corrected chi connectivity index (χ2v) is 5.30. The Morgan fingerprint density at radius 2 is 1.89 bits per heavy atom. The molecule has 2 aliphatic heterocycles. The van der Waals surface area contributed by atoms with Gasteiger partial charge in [0, 0.05) is 31.2 Å². The smallest absolute Gasteiger partial charge is 0.126 e. The van der Waals surface area contributed by atoms with Crippen LogP contribution in [0.4, 0.5) is 8.78 Å². The molecule has 0 aliphatic carbocycles. The van der Waals surface area contributed by atoms with Crippen LogP contribution in [0.15, 0.2) is 18.2 Å². The Hall–Kier alpha value is -1.00. The van der Waals surface area contributed by atoms with Gasteiger partial charge in [-0.25, -0.2) is 8.78 Å². The third-order valence-electron chi connectivity index (χ3n) is 4.10. The molecule has 3 rings (SSSR count). The lowest BCUT2D eigenvalue weighted by Crippen LogP contribution is -2.38. The van der Waals surface area contributed by atoms with Crippen LogP contribution in [0.2, 0.25) is 0 Å². The Bertz CT molecular complexity index is 416. The van der Waals surface area contributed by atoms with E-state index in [-0.39, 0.29) is 0 Å². The van der Waals surface area contributed by atoms with Gasteiger partial charge in [0.05, 0.1) is 0 Å². The molecule has 1 N–H and O–H groups in total. The van der Waals surface area contributed by atoms with E-state index in [2.05, 4.69) is 10.2 Å². The fraction of sp³-hybridized carbons (Fsp3) is 0.571. The third kappa shape index (κ3) is 2.40. The van der Waals surface area contributed by atoms with E-state index in [9.17, 15) is 8.78 Å². The predicted molar refractivity (Wildman–Crippen MR) is 66.2 cm³/mol. The molecule has 2 aliphatic rings. The van der Waals surface area contributed by atoms with E-state index in [1.54, 1.807) is 0 Å². The van der Waals surface area contributed by atoms with Gasteiger partial charge in [-0.15, -0.1) is 0 Å². The van der Waals surface area contributed by atoms with Gasteiger partial charge in [0.25, 0.3) is 0 Å². The number of hydrogen-bond acceptors (Lipinski definition) is 2. The summed E-state index contributed by atoms with van der Waals surface area (Å²) in [5.41, 5.74) is 0.684. The van der Waals surface area contributed by atoms with Crippen LogP contribution in [0, 0.1) is 11.6 Å². The van der Waals surface area contributed by atoms with Gasteiger partial charge in [0.2, 0.25) is 0 Å². The lowest BCUT2D eigenvalue weighted by molar-refractivity contribution is 0.298. The highest BCUT2D eigenvalue weighted by Gasteiger charge is 2.36. The van der Waals surface area contributed by atoms with Crippen molar-refractivity contribution in [1.82, 2.24) is 10.2 Å². The summed E-state index contributed by atoms with van der Waals surface area (Å²) in [6.07, 6.45) is 3.66. The molecular weight excluding hydrogens is 234 g/mol. The van der Waals surface area contributed by atoms with E-state index in [0.717, 1.165) is 19.0 Å². The van der Waals surface area contributed by atoms with Crippen molar-refractivity contribution < 1.29 is 8.78 Å². The highest BCUT2D eigenvalue weighted by molar-refractivity contribution is 5.18. The normalized spacial score (nSPS) is 27.7. The Kier molecular flexibility index (Phi) is 3.31. The van der Waals surface area contributed by atoms with Crippen molar-refractivity contribution in [2.45, 2.75) is 37.9 Å². The van der Waals surface area contributed by atoms with Gasteiger partial charge in [-0.2, -0.15) is 0 Å². The zero-order chi connectivity index (χ0) is 12.5. The molecule has 1 aromatic rings. The number of fused-ring (bicyclic) bond motifs is 1. The summed E-state index contributed by atoms with van der Waals surface area (Å²) in [6.45, 7) is 2.90. The fourth-order valence-electron chi connectivity index (χ4n) is 3.28. The monoisotopic (exact) mass is 252 g/mol. The first-order chi connectivity index (χ1) is 8.72. The largest absolute Gasteiger partial charge is 0.308 e. The number of hydrogen-bond donors (Lipinski definition) is 1. The maximum Gasteiger partial charge on any atom is 0.126 e. The molecule has 4 heteroatoms. The van der Waals surface area contributed by atoms with E-state index in [1.165, 1.54) is 31.5 Å². The molecule has 0 amide bonds. The fourth-order valence-corrected chi connectivity index (χ4v) is 3.28. The van der Waals surface area contributed by atoms with Crippen molar-refractivity contribution in [2.75, 3.05) is 13.1 Å². The highest BCUT2D eigenvalue weighted by Crippen LogP contribution is 2.28. The van der Waals surface area contributed by atoms with Crippen LogP contribution >= 0.6 is 0 Å². The summed E-state index contributed by atoms with van der Waals surface area (Å²) < 4.78 is 26.1. The van der Waals surface area contributed by atoms with Crippen molar-refractivity contribution in [2.24, 2.45) is 0 Å². The minimum atomic E-state index is -0.499. The van der Waals surface area contributed by atoms with Crippen LogP contribution in [0.3, 0.4) is 0 Å². The summed E-state index contributed by atoms with van der Waals surface area (Å²) >= 11 is 0. The number of halogens is 2. The van der Waals surface area contributed by atoms with Gasteiger partial charge in [0.15, 0.2) is 0 Å². The third-order valence-corrected chi connectivity index (χ3v) is 4.10. The van der Waals surface area contributed by atoms with Crippen molar-refractivity contribution >= 4 is 0 Å². The molecular formula is C14H18F2N2. The van der Waals surface area contributed by atoms with Crippen molar-refractivity contribution in [3.8, 4) is 0 Å². The number of rotatable bonds is 3. The van der Waals surface area contributed by atoms with E-state index in [1.807, 2.05) is 0 Å². The summed E-state index contributed by atoms with van der Waals surface area (Å²) in [5.74, 6) is -0.999. The van der Waals surface area contributed by atoms with Gasteiger partial charge < -0.3 is 5.32 Å². The Balaban J connectivity index is 1.61. The zero-order valence-corrected chi connectivity index (χ0v) is 10.3. The molecule has 98 valence electrons. The molecule has 0 aromatic heterocycles. The van der Waals surface area contributed by atoms with Crippen LogP contribution in [-0.2, 0) is 6.54 Å². The summed E-state index contributed by atoms with van der Waals surface area (Å²) in [4.78, 5) is 2.52. The molecule has 0 bridgehead atoms. The standard InChI is InChI=1S/C14H18F2N2/c15-11-6-10(7-12(16)8-11)9-17-13-3-5-18-4-1-2-14(13)18/h6-8,13-14,17H,1-5,9H2. The molecule has 2 unspecified atom stereocenters. The van der Waals surface area contributed by atoms with E-state index in [4.69, 9.17) is 0 Å². The zero-order valence-electron chi connectivity index (χ0n) is 10.3. The summed E-state index contributed by atoms with van der Waals surface area (Å²) in [5, 5.41) is 3.45. The first kappa shape index (κ1) is 12.1. The molecule has 2 heterocycles. The van der Waals surface area contributed by atoms with Crippen LogP contribution in [0.25, 0.3) is 0 Å². The van der Waals surface area contributed by atoms with Gasteiger partial charge in [-0.05, 0) is 43.5 Å². The lowest BCUT2D eigenvalue weighted by atomic mass is 10.1. The van der Waals surface area contributed by atoms with Crippen LogP contribution in [-0.4, -0.2) is 30.1 Å². The molecule has 0 radical (unpaired) electrons. The molecule has 2 atom stereocenters. The summed E-state index contributed by atoms with van der Waals surface area (Å²) in [6, 6.07) is 4.81. The van der Waals surface area contributed by atoms with Crippen molar-refractivity contribution in [3.63, 3.8) is 0 Å². The quantitative estimate of drug-likeness (QED) is 0.888. The maximum absolute atomic E-state index is 13.1. The minimum Gasteiger partial charge on any atom is -0.308 e. The highest BCUT2D eigenvalue weighted by atomic mass is 19.1. The second kappa shape index (κ2) is 4.94. The molecule has 2 fully saturated rings. The SMILES string of the molecule is Fc1cc(F)cc(CNC2CCN3CCCC23)c1. The molecule has 0 saturated carbocycles. The summed E-state index contributed by atoms with van der Waals surface area (Å²) in [7, 11) is 0. The minimum absolute atomic E-state index is 0.471. The van der Waals surface area contributed by atoms with E-state index < -0.39 is 11.6 Å². The Labute approximate surface area is 106 Å². The van der Waals surface area contributed by atoms with Crippen LogP contribution in [0.5, 0.6) is 0 Å². The Morgan fingerprint density at radius 1 is 1.11 bits per heavy atom. The number of benzene rings is 1. The number of nitrogens with zero attached hydrogens (tertiary/aromatic N) is 1. The first-order valence-corrected chi connectivity index (χ1v) is 6.65. The predicted octanol–water partition coefficient (Wildman–Crippen LogP) is 2.29. The van der Waals surface area contributed by atoms with Crippen molar-refractivity contribution in [1.29, 1.82) is 0 Å². The average molecular weight is 252 g/mol. The molecule has 2 saturated heterocycles. The molecule has 2 nitrogen and oxygen atoms in total. The van der Waals surface area contributed by atoms with Gasteiger partial charge in [0.1, 0.15) is 11.6 Å². The molecule has 0 spiro atoms. The van der Waals surface area contributed by atoms with Gasteiger partial charge >= 0.3 is 0 Å². The van der Waals surface area contributed by atoms with Gasteiger partial charge in [-0.3, -0.25) is 4.90 Å². The lowest BCUT2D eigenvalue weighted by Gasteiger charge is -2.21. The number of nitrogens with one attached hydrogen (secondary N) is 1. The first-order valence-electron chi connectivity index (χ1n) is 6.65.